The largest absolute Gasteiger partial charge is 0.462 e. The number of anilines is 1. The maximum absolute atomic E-state index is 12.4. The SMILES string of the molecule is CCOC(=O)c1sc2nc(CN(C)C)nc(NCc3ccccc3COC)c2c1C. The van der Waals surface area contributed by atoms with Gasteiger partial charge in [-0.15, -0.1) is 11.3 Å². The van der Waals surface area contributed by atoms with Gasteiger partial charge in [-0.2, -0.15) is 0 Å². The highest BCUT2D eigenvalue weighted by atomic mass is 32.1. The molecular formula is C22H28N4O3S. The summed E-state index contributed by atoms with van der Waals surface area (Å²) in [4.78, 5) is 25.3. The Morgan fingerprint density at radius 3 is 2.60 bits per heavy atom. The van der Waals surface area contributed by atoms with Crippen LogP contribution in [0.25, 0.3) is 10.2 Å². The molecule has 3 rings (SSSR count). The van der Waals surface area contributed by atoms with E-state index in [4.69, 9.17) is 19.4 Å². The molecule has 0 fully saturated rings. The molecule has 0 aliphatic heterocycles. The minimum absolute atomic E-state index is 0.316. The predicted octanol–water partition coefficient (Wildman–Crippen LogP) is 4.00. The van der Waals surface area contributed by atoms with E-state index in [1.807, 2.05) is 38.1 Å². The Bertz CT molecular complexity index is 1030. The topological polar surface area (TPSA) is 76.6 Å². The number of fused-ring (bicyclic) bond motifs is 1. The Morgan fingerprint density at radius 2 is 1.93 bits per heavy atom. The van der Waals surface area contributed by atoms with E-state index in [9.17, 15) is 4.79 Å². The van der Waals surface area contributed by atoms with Crippen molar-refractivity contribution in [3.63, 3.8) is 0 Å². The monoisotopic (exact) mass is 428 g/mol. The minimum atomic E-state index is -0.316. The summed E-state index contributed by atoms with van der Waals surface area (Å²) in [5.74, 6) is 1.12. The smallest absolute Gasteiger partial charge is 0.348 e. The van der Waals surface area contributed by atoms with Crippen molar-refractivity contribution in [3.8, 4) is 0 Å². The van der Waals surface area contributed by atoms with Gasteiger partial charge in [-0.3, -0.25) is 0 Å². The van der Waals surface area contributed by atoms with E-state index in [1.165, 1.54) is 11.3 Å². The van der Waals surface area contributed by atoms with E-state index in [0.717, 1.165) is 32.7 Å². The van der Waals surface area contributed by atoms with Crippen LogP contribution < -0.4 is 5.32 Å². The zero-order valence-corrected chi connectivity index (χ0v) is 18.9. The molecule has 0 aliphatic carbocycles. The van der Waals surface area contributed by atoms with E-state index < -0.39 is 0 Å². The molecule has 0 saturated heterocycles. The molecule has 0 aliphatic rings. The van der Waals surface area contributed by atoms with Gasteiger partial charge in [0.15, 0.2) is 0 Å². The number of carbonyl (C=O) groups excluding carboxylic acids is 1. The quantitative estimate of drug-likeness (QED) is 0.516. The number of ether oxygens (including phenoxy) is 2. The summed E-state index contributed by atoms with van der Waals surface area (Å²) in [6.45, 7) is 5.82. The zero-order chi connectivity index (χ0) is 21.7. The van der Waals surface area contributed by atoms with Crippen LogP contribution in [0.15, 0.2) is 24.3 Å². The lowest BCUT2D eigenvalue weighted by Crippen LogP contribution is -2.14. The van der Waals surface area contributed by atoms with Crippen LogP contribution >= 0.6 is 11.3 Å². The van der Waals surface area contributed by atoms with Gasteiger partial charge in [0.05, 0.1) is 25.1 Å². The summed E-state index contributed by atoms with van der Waals surface area (Å²) in [6.07, 6.45) is 0. The number of esters is 1. The second kappa shape index (κ2) is 9.97. The van der Waals surface area contributed by atoms with Crippen LogP contribution in [-0.4, -0.2) is 48.6 Å². The van der Waals surface area contributed by atoms with Crippen molar-refractivity contribution in [3.05, 3.63) is 51.7 Å². The molecule has 0 radical (unpaired) electrons. The Balaban J connectivity index is 2.01. The van der Waals surface area contributed by atoms with Crippen molar-refractivity contribution in [1.29, 1.82) is 0 Å². The van der Waals surface area contributed by atoms with Crippen LogP contribution in [0.5, 0.6) is 0 Å². The fourth-order valence-corrected chi connectivity index (χ4v) is 4.35. The number of thiophene rings is 1. The van der Waals surface area contributed by atoms with Crippen LogP contribution in [0.4, 0.5) is 5.82 Å². The number of hydrogen-bond donors (Lipinski definition) is 1. The second-order valence-corrected chi connectivity index (χ2v) is 8.24. The zero-order valence-electron chi connectivity index (χ0n) is 18.1. The van der Waals surface area contributed by atoms with E-state index in [0.29, 0.717) is 37.0 Å². The van der Waals surface area contributed by atoms with Crippen molar-refractivity contribution in [2.24, 2.45) is 0 Å². The number of hydrogen-bond acceptors (Lipinski definition) is 8. The molecule has 0 bridgehead atoms. The third kappa shape index (κ3) is 4.95. The van der Waals surface area contributed by atoms with Crippen molar-refractivity contribution >= 4 is 33.3 Å². The van der Waals surface area contributed by atoms with Crippen LogP contribution in [0.1, 0.15) is 39.1 Å². The van der Waals surface area contributed by atoms with Gasteiger partial charge in [0, 0.05) is 13.7 Å². The molecule has 30 heavy (non-hydrogen) atoms. The van der Waals surface area contributed by atoms with Crippen molar-refractivity contribution < 1.29 is 14.3 Å². The van der Waals surface area contributed by atoms with Gasteiger partial charge >= 0.3 is 5.97 Å². The van der Waals surface area contributed by atoms with Crippen molar-refractivity contribution in [2.75, 3.05) is 33.1 Å². The predicted molar refractivity (Wildman–Crippen MR) is 120 cm³/mol. The number of nitrogens with one attached hydrogen (secondary N) is 1. The lowest BCUT2D eigenvalue weighted by atomic mass is 10.1. The van der Waals surface area contributed by atoms with Crippen LogP contribution in [-0.2, 0) is 29.2 Å². The summed E-state index contributed by atoms with van der Waals surface area (Å²) in [7, 11) is 5.65. The van der Waals surface area contributed by atoms with E-state index in [2.05, 4.69) is 17.4 Å². The minimum Gasteiger partial charge on any atom is -0.462 e. The second-order valence-electron chi connectivity index (χ2n) is 7.24. The molecule has 2 heterocycles. The van der Waals surface area contributed by atoms with Gasteiger partial charge in [-0.1, -0.05) is 24.3 Å². The molecule has 8 heteroatoms. The van der Waals surface area contributed by atoms with Gasteiger partial charge in [0.25, 0.3) is 0 Å². The standard InChI is InChI=1S/C22H28N4O3S/c1-6-29-22(27)19-14(2)18-20(24-17(12-26(3)4)25-21(18)30-19)23-11-15-9-7-8-10-16(15)13-28-5/h7-10H,6,11-13H2,1-5H3,(H,23,24,25). The molecular weight excluding hydrogens is 400 g/mol. The van der Waals surface area contributed by atoms with Crippen LogP contribution in [0.3, 0.4) is 0 Å². The van der Waals surface area contributed by atoms with E-state index >= 15 is 0 Å². The van der Waals surface area contributed by atoms with Gasteiger partial charge in [-0.05, 0) is 44.6 Å². The normalized spacial score (nSPS) is 11.3. The Hall–Kier alpha value is -2.55. The lowest BCUT2D eigenvalue weighted by Gasteiger charge is -2.14. The van der Waals surface area contributed by atoms with Gasteiger partial charge < -0.3 is 19.7 Å². The molecule has 2 aromatic heterocycles. The molecule has 1 aromatic carbocycles. The van der Waals surface area contributed by atoms with E-state index in [1.54, 1.807) is 14.0 Å². The number of nitrogens with zero attached hydrogens (tertiary/aromatic N) is 3. The Labute approximate surface area is 181 Å². The fourth-order valence-electron chi connectivity index (χ4n) is 3.26. The summed E-state index contributed by atoms with van der Waals surface area (Å²) >= 11 is 1.36. The maximum Gasteiger partial charge on any atom is 0.348 e. The molecule has 0 amide bonds. The molecule has 0 atom stereocenters. The number of benzene rings is 1. The summed E-state index contributed by atoms with van der Waals surface area (Å²) in [5.41, 5.74) is 3.11. The lowest BCUT2D eigenvalue weighted by molar-refractivity contribution is 0.0531. The maximum atomic E-state index is 12.4. The summed E-state index contributed by atoms with van der Waals surface area (Å²) < 4.78 is 10.5. The number of aromatic nitrogens is 2. The van der Waals surface area contributed by atoms with Gasteiger partial charge in [0.2, 0.25) is 0 Å². The first kappa shape index (κ1) is 22.1. The highest BCUT2D eigenvalue weighted by molar-refractivity contribution is 7.20. The van der Waals surface area contributed by atoms with Crippen molar-refractivity contribution in [2.45, 2.75) is 33.5 Å². The number of rotatable bonds is 9. The van der Waals surface area contributed by atoms with Gasteiger partial charge in [-0.25, -0.2) is 14.8 Å². The summed E-state index contributed by atoms with van der Waals surface area (Å²) in [6, 6.07) is 8.15. The number of carbonyl (C=O) groups is 1. The highest BCUT2D eigenvalue weighted by Crippen LogP contribution is 2.34. The average molecular weight is 429 g/mol. The molecule has 0 saturated carbocycles. The van der Waals surface area contributed by atoms with Gasteiger partial charge in [0.1, 0.15) is 21.3 Å². The Kier molecular flexibility index (Phi) is 7.36. The third-order valence-corrected chi connectivity index (χ3v) is 5.79. The molecule has 3 aromatic rings. The first-order chi connectivity index (χ1) is 14.4. The van der Waals surface area contributed by atoms with Crippen LogP contribution in [0, 0.1) is 6.92 Å². The van der Waals surface area contributed by atoms with Crippen molar-refractivity contribution in [1.82, 2.24) is 14.9 Å². The number of aryl methyl sites for hydroxylation is 1. The molecule has 160 valence electrons. The molecule has 0 spiro atoms. The summed E-state index contributed by atoms with van der Waals surface area (Å²) in [5, 5.41) is 4.34. The Morgan fingerprint density at radius 1 is 1.20 bits per heavy atom. The number of methoxy groups -OCH3 is 1. The molecule has 1 N–H and O–H groups in total. The third-order valence-electron chi connectivity index (χ3n) is 4.62. The first-order valence-corrected chi connectivity index (χ1v) is 10.7. The molecule has 7 nitrogen and oxygen atoms in total. The fraction of sp³-hybridized carbons (Fsp3) is 0.409. The average Bonchev–Trinajstić information content (AvgIpc) is 3.04. The molecule has 0 unspecified atom stereocenters. The van der Waals surface area contributed by atoms with Crippen LogP contribution in [0.2, 0.25) is 0 Å². The van der Waals surface area contributed by atoms with E-state index in [-0.39, 0.29) is 5.97 Å². The highest BCUT2D eigenvalue weighted by Gasteiger charge is 2.21. The first-order valence-electron chi connectivity index (χ1n) is 9.86.